The van der Waals surface area contributed by atoms with Crippen LogP contribution in [0.2, 0.25) is 0 Å². The maximum Gasteiger partial charge on any atom is 0.266 e. The molecule has 0 saturated heterocycles. The number of para-hydroxylation sites is 1. The number of aryl methyl sites for hydroxylation is 3. The highest BCUT2D eigenvalue weighted by atomic mass is 32.1. The average Bonchev–Trinajstić information content (AvgIpc) is 3.35. The van der Waals surface area contributed by atoms with Gasteiger partial charge in [-0.15, -0.1) is 11.3 Å². The van der Waals surface area contributed by atoms with Gasteiger partial charge in [-0.2, -0.15) is 5.26 Å². The molecule has 2 heterocycles. The summed E-state index contributed by atoms with van der Waals surface area (Å²) in [5.74, 6) is 0.559. The number of nitrogens with one attached hydrogen (secondary N) is 1. The summed E-state index contributed by atoms with van der Waals surface area (Å²) in [5, 5.41) is 13.1. The monoisotopic (exact) mass is 413 g/mol. The fourth-order valence-electron chi connectivity index (χ4n) is 3.37. The molecule has 0 unspecified atom stereocenters. The zero-order chi connectivity index (χ0) is 21.3. The van der Waals surface area contributed by atoms with E-state index in [1.165, 1.54) is 17.4 Å². The quantitative estimate of drug-likeness (QED) is 0.327. The number of furan rings is 1. The molecule has 1 N–H and O–H groups in total. The molecule has 0 atom stereocenters. The van der Waals surface area contributed by atoms with Crippen LogP contribution in [-0.2, 0) is 4.79 Å². The summed E-state index contributed by atoms with van der Waals surface area (Å²) in [7, 11) is 0. The van der Waals surface area contributed by atoms with Crippen LogP contribution in [0.15, 0.2) is 58.5 Å². The molecule has 1 amide bonds. The Labute approximate surface area is 178 Å². The third-order valence-electron chi connectivity index (χ3n) is 4.70. The van der Waals surface area contributed by atoms with Crippen LogP contribution in [0.1, 0.15) is 22.5 Å². The van der Waals surface area contributed by atoms with E-state index in [-0.39, 0.29) is 5.57 Å². The third-order valence-corrected chi connectivity index (χ3v) is 5.75. The second-order valence-corrected chi connectivity index (χ2v) is 8.12. The number of hydrogen-bond acceptors (Lipinski definition) is 5. The van der Waals surface area contributed by atoms with Crippen molar-refractivity contribution in [2.75, 3.05) is 5.32 Å². The van der Waals surface area contributed by atoms with Gasteiger partial charge in [-0.05, 0) is 56.2 Å². The molecule has 148 valence electrons. The lowest BCUT2D eigenvalue weighted by molar-refractivity contribution is -0.112. The van der Waals surface area contributed by atoms with Gasteiger partial charge < -0.3 is 9.73 Å². The topological polar surface area (TPSA) is 78.9 Å². The van der Waals surface area contributed by atoms with E-state index in [1.807, 2.05) is 63.2 Å². The van der Waals surface area contributed by atoms with Crippen molar-refractivity contribution >= 4 is 39.2 Å². The van der Waals surface area contributed by atoms with Crippen LogP contribution >= 0.6 is 11.3 Å². The molecule has 6 heteroatoms. The van der Waals surface area contributed by atoms with E-state index >= 15 is 0 Å². The Kier molecular flexibility index (Phi) is 5.21. The van der Waals surface area contributed by atoms with Crippen LogP contribution in [0.4, 0.5) is 5.69 Å². The molecular formula is C24H19N3O2S. The standard InChI is InChI=1S/C24H19N3O2S/c1-14-10-15(2)22(16(3)11-14)27-23(28)17(13-25)12-18-8-9-20(29-18)24-26-19-6-4-5-7-21(19)30-24/h4-12H,1-3H3,(H,27,28)/b17-12+. The number of hydrogen-bond donors (Lipinski definition) is 1. The summed E-state index contributed by atoms with van der Waals surface area (Å²) < 4.78 is 6.91. The minimum atomic E-state index is -0.467. The molecule has 0 aliphatic carbocycles. The van der Waals surface area contributed by atoms with E-state index in [4.69, 9.17) is 4.42 Å². The Hall–Kier alpha value is -3.69. The first-order valence-corrected chi connectivity index (χ1v) is 10.2. The smallest absolute Gasteiger partial charge is 0.266 e. The van der Waals surface area contributed by atoms with Gasteiger partial charge in [-0.25, -0.2) is 4.98 Å². The molecule has 0 fully saturated rings. The molecule has 0 spiro atoms. The number of anilines is 1. The number of carbonyl (C=O) groups excluding carboxylic acids is 1. The SMILES string of the molecule is Cc1cc(C)c(NC(=O)/C(C#N)=C/c2ccc(-c3nc4ccccc4s3)o2)c(C)c1. The number of amides is 1. The highest BCUT2D eigenvalue weighted by Gasteiger charge is 2.15. The summed E-state index contributed by atoms with van der Waals surface area (Å²) in [6, 6.07) is 17.4. The lowest BCUT2D eigenvalue weighted by atomic mass is 10.0. The van der Waals surface area contributed by atoms with Gasteiger partial charge in [-0.3, -0.25) is 4.79 Å². The fourth-order valence-corrected chi connectivity index (χ4v) is 4.30. The van der Waals surface area contributed by atoms with Crippen molar-refractivity contribution in [3.05, 3.63) is 76.6 Å². The number of carbonyl (C=O) groups is 1. The third kappa shape index (κ3) is 3.88. The zero-order valence-corrected chi connectivity index (χ0v) is 17.6. The lowest BCUT2D eigenvalue weighted by Crippen LogP contribution is -2.15. The second-order valence-electron chi connectivity index (χ2n) is 7.09. The summed E-state index contributed by atoms with van der Waals surface area (Å²) in [6.45, 7) is 5.87. The molecule has 0 bridgehead atoms. The van der Waals surface area contributed by atoms with E-state index < -0.39 is 5.91 Å². The van der Waals surface area contributed by atoms with Gasteiger partial charge in [-0.1, -0.05) is 29.8 Å². The van der Waals surface area contributed by atoms with Crippen molar-refractivity contribution < 1.29 is 9.21 Å². The molecule has 0 saturated carbocycles. The van der Waals surface area contributed by atoms with Crippen LogP contribution in [0.25, 0.3) is 27.1 Å². The highest BCUT2D eigenvalue weighted by Crippen LogP contribution is 2.31. The van der Waals surface area contributed by atoms with Gasteiger partial charge in [0.15, 0.2) is 10.8 Å². The minimum Gasteiger partial charge on any atom is -0.454 e. The predicted molar refractivity (Wildman–Crippen MR) is 120 cm³/mol. The molecular weight excluding hydrogens is 394 g/mol. The number of rotatable bonds is 4. The number of fused-ring (bicyclic) bond motifs is 1. The van der Waals surface area contributed by atoms with Gasteiger partial charge in [0.2, 0.25) is 0 Å². The first-order valence-electron chi connectivity index (χ1n) is 9.41. The van der Waals surface area contributed by atoms with Crippen molar-refractivity contribution in [1.29, 1.82) is 5.26 Å². The van der Waals surface area contributed by atoms with Crippen LogP contribution in [0.3, 0.4) is 0 Å². The van der Waals surface area contributed by atoms with Crippen LogP contribution < -0.4 is 5.32 Å². The van der Waals surface area contributed by atoms with Crippen molar-refractivity contribution in [2.45, 2.75) is 20.8 Å². The van der Waals surface area contributed by atoms with E-state index in [1.54, 1.807) is 12.1 Å². The van der Waals surface area contributed by atoms with E-state index in [9.17, 15) is 10.1 Å². The van der Waals surface area contributed by atoms with E-state index in [0.29, 0.717) is 11.5 Å². The van der Waals surface area contributed by atoms with Gasteiger partial charge in [0.1, 0.15) is 17.4 Å². The Morgan fingerprint density at radius 2 is 1.87 bits per heavy atom. The van der Waals surface area contributed by atoms with Gasteiger partial charge in [0.05, 0.1) is 10.2 Å². The maximum absolute atomic E-state index is 12.7. The number of aromatic nitrogens is 1. The first-order chi connectivity index (χ1) is 14.4. The Bertz CT molecular complexity index is 1280. The van der Waals surface area contributed by atoms with Crippen LogP contribution in [0.5, 0.6) is 0 Å². The Morgan fingerprint density at radius 3 is 2.57 bits per heavy atom. The van der Waals surface area contributed by atoms with Gasteiger partial charge >= 0.3 is 0 Å². The fraction of sp³-hybridized carbons (Fsp3) is 0.125. The van der Waals surface area contributed by atoms with Crippen LogP contribution in [0, 0.1) is 32.1 Å². The summed E-state index contributed by atoms with van der Waals surface area (Å²) in [4.78, 5) is 17.3. The number of nitrogens with zero attached hydrogens (tertiary/aromatic N) is 2. The average molecular weight is 414 g/mol. The molecule has 30 heavy (non-hydrogen) atoms. The summed E-state index contributed by atoms with van der Waals surface area (Å²) in [5.41, 5.74) is 4.63. The van der Waals surface area contributed by atoms with Crippen molar-refractivity contribution in [2.24, 2.45) is 0 Å². The first kappa shape index (κ1) is 19.6. The molecule has 0 aliphatic heterocycles. The second kappa shape index (κ2) is 7.97. The highest BCUT2D eigenvalue weighted by molar-refractivity contribution is 7.21. The minimum absolute atomic E-state index is 0.0282. The van der Waals surface area contributed by atoms with Crippen molar-refractivity contribution in [3.63, 3.8) is 0 Å². The molecule has 5 nitrogen and oxygen atoms in total. The summed E-state index contributed by atoms with van der Waals surface area (Å²) >= 11 is 1.53. The maximum atomic E-state index is 12.7. The number of thiazole rings is 1. The van der Waals surface area contributed by atoms with Crippen molar-refractivity contribution in [1.82, 2.24) is 4.98 Å². The van der Waals surface area contributed by atoms with Gasteiger partial charge in [0, 0.05) is 11.8 Å². The summed E-state index contributed by atoms with van der Waals surface area (Å²) in [6.07, 6.45) is 1.45. The Morgan fingerprint density at radius 1 is 1.13 bits per heavy atom. The van der Waals surface area contributed by atoms with E-state index in [2.05, 4.69) is 10.3 Å². The molecule has 0 aliphatic rings. The lowest BCUT2D eigenvalue weighted by Gasteiger charge is -2.12. The van der Waals surface area contributed by atoms with Crippen molar-refractivity contribution in [3.8, 4) is 16.8 Å². The largest absolute Gasteiger partial charge is 0.454 e. The zero-order valence-electron chi connectivity index (χ0n) is 16.8. The van der Waals surface area contributed by atoms with Crippen LogP contribution in [-0.4, -0.2) is 10.9 Å². The molecule has 4 aromatic rings. The number of benzene rings is 2. The molecule has 0 radical (unpaired) electrons. The molecule has 4 rings (SSSR count). The van der Waals surface area contributed by atoms with Gasteiger partial charge in [0.25, 0.3) is 5.91 Å². The Balaban J connectivity index is 1.59. The van der Waals surface area contributed by atoms with E-state index in [0.717, 1.165) is 37.6 Å². The predicted octanol–water partition coefficient (Wildman–Crippen LogP) is 6.03. The number of nitriles is 1. The normalized spacial score (nSPS) is 11.5. The molecule has 2 aromatic carbocycles. The molecule has 2 aromatic heterocycles.